The van der Waals surface area contributed by atoms with Gasteiger partial charge in [0.15, 0.2) is 6.17 Å². The van der Waals surface area contributed by atoms with Gasteiger partial charge in [-0.25, -0.2) is 9.36 Å². The summed E-state index contributed by atoms with van der Waals surface area (Å²) in [6.07, 6.45) is 6.14. The van der Waals surface area contributed by atoms with Crippen LogP contribution in [-0.4, -0.2) is 41.3 Å². The zero-order valence-corrected chi connectivity index (χ0v) is 16.0. The van der Waals surface area contributed by atoms with Gasteiger partial charge in [0, 0.05) is 6.42 Å². The van der Waals surface area contributed by atoms with Crippen molar-refractivity contribution in [2.75, 3.05) is 0 Å². The van der Waals surface area contributed by atoms with Crippen molar-refractivity contribution < 1.29 is 4.84 Å². The molecule has 3 heterocycles. The van der Waals surface area contributed by atoms with E-state index in [2.05, 4.69) is 25.8 Å². The van der Waals surface area contributed by atoms with Crippen LogP contribution in [0.1, 0.15) is 44.7 Å². The Labute approximate surface area is 167 Å². The maximum atomic E-state index is 6.06. The molecule has 0 saturated heterocycles. The van der Waals surface area contributed by atoms with Gasteiger partial charge in [-0.3, -0.25) is 0 Å². The average Bonchev–Trinajstić information content (AvgIpc) is 3.48. The maximum Gasteiger partial charge on any atom is 0.189 e. The second kappa shape index (κ2) is 6.37. The van der Waals surface area contributed by atoms with Gasteiger partial charge < -0.3 is 4.84 Å². The highest BCUT2D eigenvalue weighted by Crippen LogP contribution is 2.40. The number of para-hydroxylation sites is 2. The Balaban J connectivity index is 1.50. The minimum absolute atomic E-state index is 0.182. The van der Waals surface area contributed by atoms with Gasteiger partial charge >= 0.3 is 0 Å². The predicted octanol–water partition coefficient (Wildman–Crippen LogP) is 3.70. The zero-order chi connectivity index (χ0) is 19.3. The Morgan fingerprint density at radius 1 is 0.793 bits per heavy atom. The van der Waals surface area contributed by atoms with Crippen molar-refractivity contribution in [1.82, 2.24) is 30.0 Å². The molecule has 29 heavy (non-hydrogen) atoms. The number of nitrogens with zero attached hydrogens (tertiary/aromatic N) is 7. The molecule has 1 aliphatic carbocycles. The maximum absolute atomic E-state index is 6.06. The number of hydrogen-bond donors (Lipinski definition) is 0. The summed E-state index contributed by atoms with van der Waals surface area (Å²) < 4.78 is 3.78. The van der Waals surface area contributed by atoms with Crippen LogP contribution in [0.4, 0.5) is 0 Å². The van der Waals surface area contributed by atoms with Gasteiger partial charge in [0.2, 0.25) is 0 Å². The van der Waals surface area contributed by atoms with Gasteiger partial charge in [0.25, 0.3) is 0 Å². The summed E-state index contributed by atoms with van der Waals surface area (Å²) in [5.41, 5.74) is 4.29. The summed E-state index contributed by atoms with van der Waals surface area (Å²) in [6, 6.07) is 15.9. The highest BCUT2D eigenvalue weighted by atomic mass is 16.7. The summed E-state index contributed by atoms with van der Waals surface area (Å²) in [6.45, 7) is 0. The van der Waals surface area contributed by atoms with Crippen LogP contribution >= 0.6 is 0 Å². The van der Waals surface area contributed by atoms with Crippen LogP contribution in [0.5, 0.6) is 0 Å². The lowest BCUT2D eigenvalue weighted by atomic mass is 9.81. The Kier molecular flexibility index (Phi) is 3.65. The molecule has 8 heteroatoms. The molecule has 4 aromatic rings. The second-order valence-corrected chi connectivity index (χ2v) is 8.01. The quantitative estimate of drug-likeness (QED) is 0.535. The largest absolute Gasteiger partial charge is 0.389 e. The Hall–Kier alpha value is -3.29. The molecule has 0 N–H and O–H groups in total. The highest BCUT2D eigenvalue weighted by Gasteiger charge is 2.44. The van der Waals surface area contributed by atoms with E-state index in [0.717, 1.165) is 47.0 Å². The second-order valence-electron chi connectivity index (χ2n) is 8.01. The van der Waals surface area contributed by atoms with Gasteiger partial charge in [0.05, 0.1) is 11.0 Å². The molecule has 0 atom stereocenters. The highest BCUT2D eigenvalue weighted by molar-refractivity contribution is 5.92. The predicted molar refractivity (Wildman–Crippen MR) is 108 cm³/mol. The van der Waals surface area contributed by atoms with Crippen molar-refractivity contribution in [3.8, 4) is 0 Å². The van der Waals surface area contributed by atoms with Gasteiger partial charge in [-0.15, -0.1) is 10.2 Å². The smallest absolute Gasteiger partial charge is 0.189 e. The van der Waals surface area contributed by atoms with Crippen LogP contribution in [0.3, 0.4) is 0 Å². The first kappa shape index (κ1) is 16.6. The molecule has 6 rings (SSSR count). The van der Waals surface area contributed by atoms with Gasteiger partial charge in [-0.1, -0.05) is 46.3 Å². The molecule has 0 radical (unpaired) electrons. The molecule has 2 aromatic carbocycles. The molecular formula is C21H21N7O. The molecule has 1 aliphatic heterocycles. The molecule has 0 unspecified atom stereocenters. The summed E-state index contributed by atoms with van der Waals surface area (Å²) >= 11 is 0. The van der Waals surface area contributed by atoms with E-state index in [1.54, 1.807) is 0 Å². The lowest BCUT2D eigenvalue weighted by Gasteiger charge is -2.30. The van der Waals surface area contributed by atoms with E-state index in [0.29, 0.717) is 0 Å². The Morgan fingerprint density at radius 2 is 1.38 bits per heavy atom. The van der Waals surface area contributed by atoms with Crippen molar-refractivity contribution in [1.29, 1.82) is 0 Å². The van der Waals surface area contributed by atoms with Crippen LogP contribution in [0.25, 0.3) is 22.1 Å². The van der Waals surface area contributed by atoms with Crippen LogP contribution in [0, 0.1) is 0 Å². The lowest BCUT2D eigenvalue weighted by Crippen LogP contribution is -2.35. The van der Waals surface area contributed by atoms with Gasteiger partial charge in [0.1, 0.15) is 22.3 Å². The number of aromatic nitrogens is 6. The van der Waals surface area contributed by atoms with Crippen molar-refractivity contribution >= 4 is 27.8 Å². The van der Waals surface area contributed by atoms with E-state index in [1.165, 1.54) is 19.3 Å². The molecule has 1 spiro atoms. The first-order valence-corrected chi connectivity index (χ1v) is 10.2. The monoisotopic (exact) mass is 387 g/mol. The van der Waals surface area contributed by atoms with Crippen LogP contribution < -0.4 is 0 Å². The summed E-state index contributed by atoms with van der Waals surface area (Å²) in [5, 5.41) is 22.3. The van der Waals surface area contributed by atoms with Crippen LogP contribution in [0.2, 0.25) is 0 Å². The first-order valence-electron chi connectivity index (χ1n) is 10.2. The Bertz CT molecular complexity index is 1140. The van der Waals surface area contributed by atoms with Crippen molar-refractivity contribution in [3.63, 3.8) is 0 Å². The third-order valence-electron chi connectivity index (χ3n) is 6.14. The molecular weight excluding hydrogens is 366 g/mol. The van der Waals surface area contributed by atoms with Crippen LogP contribution in [-0.2, 0) is 4.84 Å². The fraction of sp³-hybridized carbons (Fsp3) is 0.381. The molecule has 8 nitrogen and oxygen atoms in total. The average molecular weight is 387 g/mol. The summed E-state index contributed by atoms with van der Waals surface area (Å²) in [7, 11) is 0. The van der Waals surface area contributed by atoms with E-state index in [9.17, 15) is 0 Å². The summed E-state index contributed by atoms with van der Waals surface area (Å²) in [4.78, 5) is 6.06. The van der Waals surface area contributed by atoms with E-state index in [1.807, 2.05) is 57.9 Å². The summed E-state index contributed by atoms with van der Waals surface area (Å²) in [5.74, 6) is 0. The normalized spacial score (nSPS) is 18.6. The first-order chi connectivity index (χ1) is 14.3. The molecule has 1 fully saturated rings. The van der Waals surface area contributed by atoms with E-state index < -0.39 is 0 Å². The standard InChI is InChI=1S/C21H21N7O/c1-6-12-21(13-7-1)14-17(24-29-21)20(27-18-10-4-2-8-15(18)22-25-27)28-19-11-5-3-9-16(19)23-26-28/h2-5,8-11,20H,1,6-7,12-14H2. The number of benzene rings is 2. The van der Waals surface area contributed by atoms with Crippen molar-refractivity contribution in [2.45, 2.75) is 50.3 Å². The van der Waals surface area contributed by atoms with E-state index >= 15 is 0 Å². The van der Waals surface area contributed by atoms with E-state index in [-0.39, 0.29) is 11.8 Å². The fourth-order valence-corrected chi connectivity index (χ4v) is 4.67. The third-order valence-corrected chi connectivity index (χ3v) is 6.14. The molecule has 1 saturated carbocycles. The molecule has 2 aromatic heterocycles. The number of fused-ring (bicyclic) bond motifs is 2. The molecule has 2 aliphatic rings. The Morgan fingerprint density at radius 3 is 2.00 bits per heavy atom. The van der Waals surface area contributed by atoms with Gasteiger partial charge in [-0.05, 0) is 49.9 Å². The lowest BCUT2D eigenvalue weighted by molar-refractivity contribution is -0.0449. The minimum Gasteiger partial charge on any atom is -0.389 e. The third kappa shape index (κ3) is 2.62. The number of hydrogen-bond acceptors (Lipinski definition) is 6. The topological polar surface area (TPSA) is 83.0 Å². The molecule has 146 valence electrons. The minimum atomic E-state index is -0.365. The van der Waals surface area contributed by atoms with Crippen molar-refractivity contribution in [3.05, 3.63) is 48.5 Å². The fourth-order valence-electron chi connectivity index (χ4n) is 4.67. The molecule has 0 amide bonds. The van der Waals surface area contributed by atoms with Crippen LogP contribution in [0.15, 0.2) is 53.7 Å². The number of oxime groups is 1. The van der Waals surface area contributed by atoms with E-state index in [4.69, 9.17) is 4.84 Å². The number of rotatable bonds is 3. The zero-order valence-electron chi connectivity index (χ0n) is 16.0. The molecule has 0 bridgehead atoms. The SMILES string of the molecule is c1ccc2c(c1)nnn2C(C1=NOC2(CCCCC2)C1)n1nnc2ccccc21. The van der Waals surface area contributed by atoms with Crippen molar-refractivity contribution in [2.24, 2.45) is 5.16 Å². The van der Waals surface area contributed by atoms with Gasteiger partial charge in [-0.2, -0.15) is 0 Å².